The van der Waals surface area contributed by atoms with Crippen molar-refractivity contribution in [2.24, 2.45) is 0 Å². The van der Waals surface area contributed by atoms with Gasteiger partial charge in [-0.05, 0) is 67.3 Å². The van der Waals surface area contributed by atoms with E-state index in [0.29, 0.717) is 30.2 Å². The van der Waals surface area contributed by atoms with E-state index in [-0.39, 0.29) is 36.5 Å². The SMILES string of the molecule is COc1ccc(CCN(Cc2ccco2)C(=O)CN(C(=O)c2cccc(F)c2)C2CCCCC2)cc1OC. The Morgan fingerprint density at radius 1 is 0.974 bits per heavy atom. The van der Waals surface area contributed by atoms with Gasteiger partial charge in [-0.3, -0.25) is 9.59 Å². The largest absolute Gasteiger partial charge is 0.493 e. The number of hydrogen-bond donors (Lipinski definition) is 0. The average Bonchev–Trinajstić information content (AvgIpc) is 3.47. The Bertz CT molecular complexity index is 1210. The number of rotatable bonds is 11. The van der Waals surface area contributed by atoms with E-state index in [0.717, 1.165) is 37.7 Å². The molecule has 2 aromatic carbocycles. The molecule has 0 bridgehead atoms. The number of halogens is 1. The number of methoxy groups -OCH3 is 2. The van der Waals surface area contributed by atoms with Gasteiger partial charge in [-0.2, -0.15) is 0 Å². The Labute approximate surface area is 223 Å². The van der Waals surface area contributed by atoms with Crippen molar-refractivity contribution in [2.45, 2.75) is 51.1 Å². The maximum Gasteiger partial charge on any atom is 0.254 e. The van der Waals surface area contributed by atoms with Gasteiger partial charge >= 0.3 is 0 Å². The molecule has 1 fully saturated rings. The summed E-state index contributed by atoms with van der Waals surface area (Å²) < 4.78 is 30.2. The van der Waals surface area contributed by atoms with Crippen LogP contribution in [-0.2, 0) is 17.8 Å². The van der Waals surface area contributed by atoms with Crippen LogP contribution < -0.4 is 9.47 Å². The fourth-order valence-electron chi connectivity index (χ4n) is 4.98. The number of carbonyl (C=O) groups excluding carboxylic acids is 2. The zero-order chi connectivity index (χ0) is 26.9. The molecule has 0 spiro atoms. The minimum atomic E-state index is -0.472. The molecule has 0 unspecified atom stereocenters. The quantitative estimate of drug-likeness (QED) is 0.333. The van der Waals surface area contributed by atoms with Crippen LogP contribution in [0, 0.1) is 5.82 Å². The predicted octanol–water partition coefficient (Wildman–Crippen LogP) is 5.48. The van der Waals surface area contributed by atoms with Crippen LogP contribution in [0.1, 0.15) is 53.8 Å². The first-order valence-electron chi connectivity index (χ1n) is 13.1. The lowest BCUT2D eigenvalue weighted by Gasteiger charge is -2.35. The van der Waals surface area contributed by atoms with E-state index in [2.05, 4.69) is 0 Å². The molecule has 1 aliphatic rings. The number of hydrogen-bond acceptors (Lipinski definition) is 5. The molecule has 0 atom stereocenters. The predicted molar refractivity (Wildman–Crippen MR) is 142 cm³/mol. The van der Waals surface area contributed by atoms with Gasteiger partial charge in [-0.15, -0.1) is 0 Å². The molecular weight excluding hydrogens is 487 g/mol. The van der Waals surface area contributed by atoms with Gasteiger partial charge in [0.2, 0.25) is 5.91 Å². The molecule has 0 aliphatic heterocycles. The van der Waals surface area contributed by atoms with Crippen molar-refractivity contribution in [1.82, 2.24) is 9.80 Å². The zero-order valence-corrected chi connectivity index (χ0v) is 22.0. The van der Waals surface area contributed by atoms with Crippen molar-refractivity contribution >= 4 is 11.8 Å². The molecule has 8 heteroatoms. The standard InChI is InChI=1S/C30H35FN2O5/c1-36-27-14-13-22(18-28(27)37-2)15-16-32(20-26-12-7-17-38-26)29(34)21-33(25-10-4-3-5-11-25)30(35)23-8-6-9-24(31)19-23/h6-9,12-14,17-19,25H,3-5,10-11,15-16,20-21H2,1-2H3. The lowest BCUT2D eigenvalue weighted by molar-refractivity contribution is -0.133. The fourth-order valence-corrected chi connectivity index (χ4v) is 4.98. The summed E-state index contributed by atoms with van der Waals surface area (Å²) in [6.45, 7) is 0.625. The Hall–Kier alpha value is -3.81. The number of amides is 2. The van der Waals surface area contributed by atoms with Gasteiger partial charge in [0.1, 0.15) is 18.1 Å². The van der Waals surface area contributed by atoms with Crippen LogP contribution in [0.5, 0.6) is 11.5 Å². The maximum absolute atomic E-state index is 13.9. The van der Waals surface area contributed by atoms with Crippen LogP contribution in [0.4, 0.5) is 4.39 Å². The molecule has 3 aromatic rings. The Balaban J connectivity index is 1.54. The second kappa shape index (κ2) is 13.1. The van der Waals surface area contributed by atoms with Gasteiger partial charge in [0.15, 0.2) is 11.5 Å². The smallest absolute Gasteiger partial charge is 0.254 e. The van der Waals surface area contributed by atoms with Crippen molar-refractivity contribution in [1.29, 1.82) is 0 Å². The van der Waals surface area contributed by atoms with Crippen LogP contribution in [0.3, 0.4) is 0 Å². The molecule has 1 saturated carbocycles. The van der Waals surface area contributed by atoms with Crippen molar-refractivity contribution < 1.29 is 27.9 Å². The second-order valence-electron chi connectivity index (χ2n) is 9.57. The highest BCUT2D eigenvalue weighted by atomic mass is 19.1. The first kappa shape index (κ1) is 27.2. The average molecular weight is 523 g/mol. The lowest BCUT2D eigenvalue weighted by Crippen LogP contribution is -2.48. The molecule has 2 amide bonds. The summed E-state index contributed by atoms with van der Waals surface area (Å²) in [5.74, 6) is 0.947. The third-order valence-electron chi connectivity index (χ3n) is 7.05. The van der Waals surface area contributed by atoms with Crippen molar-refractivity contribution in [3.05, 3.63) is 83.6 Å². The summed E-state index contributed by atoms with van der Waals surface area (Å²) in [7, 11) is 3.17. The van der Waals surface area contributed by atoms with Crippen LogP contribution in [0.2, 0.25) is 0 Å². The summed E-state index contributed by atoms with van der Waals surface area (Å²) in [5.41, 5.74) is 1.24. The maximum atomic E-state index is 13.9. The minimum Gasteiger partial charge on any atom is -0.493 e. The van der Waals surface area contributed by atoms with Crippen molar-refractivity contribution in [2.75, 3.05) is 27.3 Å². The first-order valence-corrected chi connectivity index (χ1v) is 13.1. The van der Waals surface area contributed by atoms with E-state index < -0.39 is 5.82 Å². The van der Waals surface area contributed by atoms with Crippen LogP contribution in [0.15, 0.2) is 65.3 Å². The normalized spacial score (nSPS) is 13.7. The van der Waals surface area contributed by atoms with Crippen molar-refractivity contribution in [3.8, 4) is 11.5 Å². The number of nitrogens with zero attached hydrogens (tertiary/aromatic N) is 2. The highest BCUT2D eigenvalue weighted by Crippen LogP contribution is 2.28. The first-order chi connectivity index (χ1) is 18.5. The van der Waals surface area contributed by atoms with E-state index in [1.807, 2.05) is 24.3 Å². The summed E-state index contributed by atoms with van der Waals surface area (Å²) in [6, 6.07) is 14.9. The van der Waals surface area contributed by atoms with Crippen LogP contribution >= 0.6 is 0 Å². The monoisotopic (exact) mass is 522 g/mol. The molecule has 38 heavy (non-hydrogen) atoms. The Kier molecular flexibility index (Phi) is 9.40. The van der Waals surface area contributed by atoms with Gasteiger partial charge < -0.3 is 23.7 Å². The summed E-state index contributed by atoms with van der Waals surface area (Å²) >= 11 is 0. The van der Waals surface area contributed by atoms with Gasteiger partial charge in [0, 0.05) is 18.2 Å². The van der Waals surface area contributed by atoms with E-state index >= 15 is 0 Å². The number of carbonyl (C=O) groups is 2. The van der Waals surface area contributed by atoms with E-state index in [9.17, 15) is 14.0 Å². The number of benzene rings is 2. The highest BCUT2D eigenvalue weighted by molar-refractivity contribution is 5.96. The highest BCUT2D eigenvalue weighted by Gasteiger charge is 2.30. The van der Waals surface area contributed by atoms with Gasteiger partial charge in [-0.25, -0.2) is 4.39 Å². The molecule has 4 rings (SSSR count). The second-order valence-corrected chi connectivity index (χ2v) is 9.57. The molecule has 0 N–H and O–H groups in total. The fraction of sp³-hybridized carbons (Fsp3) is 0.400. The van der Waals surface area contributed by atoms with E-state index in [4.69, 9.17) is 13.9 Å². The summed E-state index contributed by atoms with van der Waals surface area (Å²) in [4.78, 5) is 30.6. The number of ether oxygens (including phenoxy) is 2. The Morgan fingerprint density at radius 2 is 1.76 bits per heavy atom. The van der Waals surface area contributed by atoms with Gasteiger partial charge in [0.25, 0.3) is 5.91 Å². The zero-order valence-electron chi connectivity index (χ0n) is 22.0. The molecule has 7 nitrogen and oxygen atoms in total. The Morgan fingerprint density at radius 3 is 2.45 bits per heavy atom. The molecule has 1 heterocycles. The molecule has 0 radical (unpaired) electrons. The van der Waals surface area contributed by atoms with Gasteiger partial charge in [0.05, 0.1) is 27.0 Å². The third-order valence-corrected chi connectivity index (χ3v) is 7.05. The minimum absolute atomic E-state index is 0.0558. The van der Waals surface area contributed by atoms with Gasteiger partial charge in [-0.1, -0.05) is 31.4 Å². The third kappa shape index (κ3) is 6.94. The molecule has 202 valence electrons. The van der Waals surface area contributed by atoms with Crippen molar-refractivity contribution in [3.63, 3.8) is 0 Å². The van der Waals surface area contributed by atoms with E-state index in [1.54, 1.807) is 42.4 Å². The molecule has 1 aromatic heterocycles. The summed E-state index contributed by atoms with van der Waals surface area (Å²) in [5, 5.41) is 0. The van der Waals surface area contributed by atoms with Crippen LogP contribution in [0.25, 0.3) is 0 Å². The number of furan rings is 1. The van der Waals surface area contributed by atoms with Crippen LogP contribution in [-0.4, -0.2) is 55.0 Å². The molecular formula is C30H35FN2O5. The van der Waals surface area contributed by atoms with E-state index in [1.165, 1.54) is 18.2 Å². The topological polar surface area (TPSA) is 72.2 Å². The molecule has 1 aliphatic carbocycles. The summed E-state index contributed by atoms with van der Waals surface area (Å²) in [6.07, 6.45) is 6.93. The molecule has 0 saturated heterocycles. The lowest BCUT2D eigenvalue weighted by atomic mass is 9.93.